The first-order valence-corrected chi connectivity index (χ1v) is 5.62. The van der Waals surface area contributed by atoms with Crippen LogP contribution in [-0.4, -0.2) is 10.8 Å². The highest BCUT2D eigenvalue weighted by Crippen LogP contribution is 2.10. The summed E-state index contributed by atoms with van der Waals surface area (Å²) < 4.78 is 0. The van der Waals surface area contributed by atoms with Gasteiger partial charge in [-0.05, 0) is 32.4 Å². The van der Waals surface area contributed by atoms with Crippen molar-refractivity contribution in [2.45, 2.75) is 46.5 Å². The fraction of sp³-hybridized carbons (Fsp3) is 0.538. The van der Waals surface area contributed by atoms with E-state index in [4.69, 9.17) is 0 Å². The second-order valence-corrected chi connectivity index (χ2v) is 4.02. The van der Waals surface area contributed by atoms with Crippen LogP contribution in [0.15, 0.2) is 12.1 Å². The molecule has 1 rings (SSSR count). The molecule has 2 nitrogen and oxygen atoms in total. The van der Waals surface area contributed by atoms with Crippen molar-refractivity contribution < 1.29 is 4.79 Å². The van der Waals surface area contributed by atoms with Gasteiger partial charge in [-0.2, -0.15) is 0 Å². The van der Waals surface area contributed by atoms with Crippen LogP contribution < -0.4 is 0 Å². The number of hydrogen-bond acceptors (Lipinski definition) is 2. The van der Waals surface area contributed by atoms with Gasteiger partial charge in [0.2, 0.25) is 0 Å². The third kappa shape index (κ3) is 3.82. The van der Waals surface area contributed by atoms with Crippen LogP contribution >= 0.6 is 0 Å². The van der Waals surface area contributed by atoms with Gasteiger partial charge < -0.3 is 0 Å². The van der Waals surface area contributed by atoms with E-state index in [0.29, 0.717) is 6.42 Å². The molecule has 0 aliphatic carbocycles. The van der Waals surface area contributed by atoms with Crippen molar-refractivity contribution in [3.63, 3.8) is 0 Å². The Hall–Kier alpha value is -1.18. The Morgan fingerprint density at radius 3 is 2.33 bits per heavy atom. The van der Waals surface area contributed by atoms with E-state index in [-0.39, 0.29) is 5.78 Å². The van der Waals surface area contributed by atoms with Crippen LogP contribution in [0.1, 0.15) is 54.4 Å². The van der Waals surface area contributed by atoms with Crippen LogP contribution in [0, 0.1) is 13.8 Å². The first kappa shape index (κ1) is 11.9. The highest BCUT2D eigenvalue weighted by molar-refractivity contribution is 5.96. The second kappa shape index (κ2) is 5.64. The maximum Gasteiger partial charge on any atom is 0.163 e. The molecule has 1 aromatic rings. The van der Waals surface area contributed by atoms with Crippen LogP contribution in [0.25, 0.3) is 0 Å². The van der Waals surface area contributed by atoms with E-state index in [1.165, 1.54) is 0 Å². The van der Waals surface area contributed by atoms with E-state index >= 15 is 0 Å². The molecule has 2 heteroatoms. The zero-order valence-corrected chi connectivity index (χ0v) is 9.84. The van der Waals surface area contributed by atoms with E-state index < -0.39 is 0 Å². The smallest absolute Gasteiger partial charge is 0.163 e. The maximum absolute atomic E-state index is 11.8. The van der Waals surface area contributed by atoms with E-state index in [9.17, 15) is 4.79 Å². The molecule has 0 spiro atoms. The first-order valence-electron chi connectivity index (χ1n) is 5.62. The monoisotopic (exact) mass is 205 g/mol. The van der Waals surface area contributed by atoms with Crippen LogP contribution in [0.3, 0.4) is 0 Å². The number of Topliss-reactive ketones (excluding diaryl/α,β-unsaturated/α-hetero) is 1. The summed E-state index contributed by atoms with van der Waals surface area (Å²) in [6, 6.07) is 3.75. The van der Waals surface area contributed by atoms with Gasteiger partial charge in [0.25, 0.3) is 0 Å². The number of aryl methyl sites for hydroxylation is 2. The van der Waals surface area contributed by atoms with Gasteiger partial charge in [-0.15, -0.1) is 0 Å². The second-order valence-electron chi connectivity index (χ2n) is 4.02. The summed E-state index contributed by atoms with van der Waals surface area (Å²) in [5.41, 5.74) is 2.67. The van der Waals surface area contributed by atoms with Crippen molar-refractivity contribution in [1.82, 2.24) is 4.98 Å². The van der Waals surface area contributed by atoms with Crippen LogP contribution in [0.2, 0.25) is 0 Å². The molecule has 0 unspecified atom stereocenters. The molecule has 0 saturated heterocycles. The highest BCUT2D eigenvalue weighted by Gasteiger charge is 2.06. The van der Waals surface area contributed by atoms with Crippen LogP contribution in [-0.2, 0) is 0 Å². The molecule has 1 heterocycles. The Morgan fingerprint density at radius 2 is 1.80 bits per heavy atom. The van der Waals surface area contributed by atoms with Crippen molar-refractivity contribution in [3.05, 3.63) is 29.1 Å². The normalized spacial score (nSPS) is 10.3. The molecule has 0 N–H and O–H groups in total. The summed E-state index contributed by atoms with van der Waals surface area (Å²) in [5, 5.41) is 0. The van der Waals surface area contributed by atoms with Crippen molar-refractivity contribution in [2.75, 3.05) is 0 Å². The molecule has 0 aliphatic rings. The summed E-state index contributed by atoms with van der Waals surface area (Å²) in [4.78, 5) is 16.1. The van der Waals surface area contributed by atoms with Crippen LogP contribution in [0.4, 0.5) is 0 Å². The minimum absolute atomic E-state index is 0.247. The molecule has 0 saturated carbocycles. The van der Waals surface area contributed by atoms with Gasteiger partial charge >= 0.3 is 0 Å². The summed E-state index contributed by atoms with van der Waals surface area (Å²) >= 11 is 0. The number of ketones is 1. The average Bonchev–Trinajstić information content (AvgIpc) is 2.16. The Kier molecular flexibility index (Phi) is 4.47. The highest BCUT2D eigenvalue weighted by atomic mass is 16.1. The third-order valence-corrected chi connectivity index (χ3v) is 2.41. The predicted molar refractivity (Wildman–Crippen MR) is 62.2 cm³/mol. The van der Waals surface area contributed by atoms with Gasteiger partial charge in [-0.25, -0.2) is 0 Å². The number of carbonyl (C=O) groups is 1. The number of pyridine rings is 1. The molecule has 0 amide bonds. The van der Waals surface area contributed by atoms with Crippen molar-refractivity contribution in [1.29, 1.82) is 0 Å². The van der Waals surface area contributed by atoms with Gasteiger partial charge in [0.15, 0.2) is 5.78 Å². The summed E-state index contributed by atoms with van der Waals surface area (Å²) in [6.45, 7) is 6.00. The molecular formula is C13H19NO. The zero-order valence-electron chi connectivity index (χ0n) is 9.84. The Bertz CT molecular complexity index is 324. The van der Waals surface area contributed by atoms with E-state index in [2.05, 4.69) is 11.9 Å². The number of nitrogens with zero attached hydrogens (tertiary/aromatic N) is 1. The van der Waals surface area contributed by atoms with Gasteiger partial charge in [0.1, 0.15) is 0 Å². The van der Waals surface area contributed by atoms with E-state index in [1.54, 1.807) is 0 Å². The van der Waals surface area contributed by atoms with Crippen molar-refractivity contribution in [3.8, 4) is 0 Å². The van der Waals surface area contributed by atoms with Gasteiger partial charge in [-0.3, -0.25) is 9.78 Å². The van der Waals surface area contributed by atoms with Crippen molar-refractivity contribution in [2.24, 2.45) is 0 Å². The predicted octanol–water partition coefficient (Wildman–Crippen LogP) is 3.46. The molecule has 15 heavy (non-hydrogen) atoms. The molecule has 0 atom stereocenters. The van der Waals surface area contributed by atoms with Gasteiger partial charge in [-0.1, -0.05) is 19.8 Å². The summed E-state index contributed by atoms with van der Waals surface area (Å²) in [6.07, 6.45) is 3.95. The van der Waals surface area contributed by atoms with E-state index in [1.807, 2.05) is 26.0 Å². The first-order chi connectivity index (χ1) is 7.13. The standard InChI is InChI=1S/C13H19NO/c1-4-5-6-7-13(15)12-8-10(2)14-11(3)9-12/h8-9H,4-7H2,1-3H3. The third-order valence-electron chi connectivity index (χ3n) is 2.41. The largest absolute Gasteiger partial charge is 0.294 e. The number of rotatable bonds is 5. The lowest BCUT2D eigenvalue weighted by Crippen LogP contribution is -2.01. The molecular weight excluding hydrogens is 186 g/mol. The minimum atomic E-state index is 0.247. The number of carbonyl (C=O) groups excluding carboxylic acids is 1. The Balaban J connectivity index is 2.65. The quantitative estimate of drug-likeness (QED) is 0.544. The Morgan fingerprint density at radius 1 is 1.20 bits per heavy atom. The van der Waals surface area contributed by atoms with Gasteiger partial charge in [0, 0.05) is 23.4 Å². The molecule has 82 valence electrons. The maximum atomic E-state index is 11.8. The Labute approximate surface area is 91.7 Å². The SMILES string of the molecule is CCCCCC(=O)c1cc(C)nc(C)c1. The summed E-state index contributed by atoms with van der Waals surface area (Å²) in [5.74, 6) is 0.247. The zero-order chi connectivity index (χ0) is 11.3. The van der Waals surface area contributed by atoms with Gasteiger partial charge in [0.05, 0.1) is 0 Å². The van der Waals surface area contributed by atoms with Crippen molar-refractivity contribution >= 4 is 5.78 Å². The van der Waals surface area contributed by atoms with E-state index in [0.717, 1.165) is 36.2 Å². The lowest BCUT2D eigenvalue weighted by atomic mass is 10.0. The minimum Gasteiger partial charge on any atom is -0.294 e. The molecule has 0 bridgehead atoms. The number of hydrogen-bond donors (Lipinski definition) is 0. The lowest BCUT2D eigenvalue weighted by Gasteiger charge is -2.03. The fourth-order valence-corrected chi connectivity index (χ4v) is 1.68. The topological polar surface area (TPSA) is 30.0 Å². The molecule has 0 aliphatic heterocycles. The molecule has 0 fully saturated rings. The lowest BCUT2D eigenvalue weighted by molar-refractivity contribution is 0.0979. The van der Waals surface area contributed by atoms with Crippen LogP contribution in [0.5, 0.6) is 0 Å². The number of aromatic nitrogens is 1. The summed E-state index contributed by atoms with van der Waals surface area (Å²) in [7, 11) is 0. The fourth-order valence-electron chi connectivity index (χ4n) is 1.68. The molecule has 0 radical (unpaired) electrons. The average molecular weight is 205 g/mol. The number of unbranched alkanes of at least 4 members (excludes halogenated alkanes) is 2. The molecule has 0 aromatic carbocycles. The molecule has 1 aromatic heterocycles.